The fourth-order valence-corrected chi connectivity index (χ4v) is 6.82. The van der Waals surface area contributed by atoms with Crippen LogP contribution in [-0.2, 0) is 16.6 Å². The molecule has 0 aliphatic carbocycles. The van der Waals surface area contributed by atoms with Crippen LogP contribution in [0.1, 0.15) is 53.4 Å². The van der Waals surface area contributed by atoms with Crippen molar-refractivity contribution in [3.05, 3.63) is 45.8 Å². The lowest BCUT2D eigenvalue weighted by Gasteiger charge is -2.31. The second-order valence-corrected chi connectivity index (χ2v) is 12.6. The van der Waals surface area contributed by atoms with Gasteiger partial charge in [0.2, 0.25) is 10.0 Å². The largest absolute Gasteiger partial charge is 0.395 e. The van der Waals surface area contributed by atoms with E-state index >= 15 is 0 Å². The van der Waals surface area contributed by atoms with Crippen LogP contribution in [0.2, 0.25) is 0 Å². The van der Waals surface area contributed by atoms with Gasteiger partial charge in [0.25, 0.3) is 5.91 Å². The lowest BCUT2D eigenvalue weighted by atomic mass is 9.88. The average Bonchev–Trinajstić information content (AvgIpc) is 3.50. The molecule has 190 valence electrons. The summed E-state index contributed by atoms with van der Waals surface area (Å²) in [4.78, 5) is 18.9. The third kappa shape index (κ3) is 5.31. The number of primary amides is 1. The van der Waals surface area contributed by atoms with Gasteiger partial charge in [0, 0.05) is 42.1 Å². The van der Waals surface area contributed by atoms with Gasteiger partial charge in [0.05, 0.1) is 23.4 Å². The second kappa shape index (κ2) is 10.4. The minimum atomic E-state index is -3.18. The summed E-state index contributed by atoms with van der Waals surface area (Å²) in [5, 5.41) is 12.5. The highest BCUT2D eigenvalue weighted by atomic mass is 32.2. The summed E-state index contributed by atoms with van der Waals surface area (Å²) in [6.07, 6.45) is 3.42. The number of piperidine rings is 1. The Hall–Kier alpha value is -2.24. The number of hydrogen-bond donors (Lipinski definition) is 3. The number of carbonyl (C=O) groups excluding carboxylic acids is 1. The second-order valence-electron chi connectivity index (χ2n) is 9.38. The number of carbonyl (C=O) groups is 1. The van der Waals surface area contributed by atoms with Crippen molar-refractivity contribution in [3.8, 4) is 11.1 Å². The fraction of sp³-hybridized carbons (Fsp3) is 0.480. The Labute approximate surface area is 210 Å². The van der Waals surface area contributed by atoms with Crippen molar-refractivity contribution >= 4 is 38.2 Å². The summed E-state index contributed by atoms with van der Waals surface area (Å²) in [6.45, 7) is 5.50. The van der Waals surface area contributed by atoms with Crippen molar-refractivity contribution in [2.45, 2.75) is 45.2 Å². The molecule has 0 unspecified atom stereocenters. The van der Waals surface area contributed by atoms with E-state index in [9.17, 15) is 18.3 Å². The first kappa shape index (κ1) is 25.8. The van der Waals surface area contributed by atoms with Gasteiger partial charge in [-0.25, -0.2) is 12.7 Å². The van der Waals surface area contributed by atoms with Gasteiger partial charge in [0.15, 0.2) is 0 Å². The zero-order valence-electron chi connectivity index (χ0n) is 20.5. The highest BCUT2D eigenvalue weighted by molar-refractivity contribution is 7.89. The molecule has 2 aromatic heterocycles. The molecular weight excluding hydrogens is 484 g/mol. The zero-order valence-corrected chi connectivity index (χ0v) is 22.1. The molecule has 1 amide bonds. The molecule has 0 radical (unpaired) electrons. The molecule has 1 fully saturated rings. The Balaban J connectivity index is 1.65. The Kier molecular flexibility index (Phi) is 7.68. The number of fused-ring (bicyclic) bond motifs is 1. The molecule has 1 aromatic carbocycles. The number of aliphatic hydroxyl groups is 1. The maximum atomic E-state index is 12.3. The Morgan fingerprint density at radius 3 is 2.63 bits per heavy atom. The van der Waals surface area contributed by atoms with E-state index in [0.717, 1.165) is 47.0 Å². The van der Waals surface area contributed by atoms with E-state index in [1.807, 2.05) is 26.2 Å². The highest BCUT2D eigenvalue weighted by Crippen LogP contribution is 2.38. The predicted molar refractivity (Wildman–Crippen MR) is 141 cm³/mol. The number of hydrogen-bond acceptors (Lipinski definition) is 6. The van der Waals surface area contributed by atoms with Gasteiger partial charge in [-0.2, -0.15) is 0 Å². The Bertz CT molecular complexity index is 1310. The third-order valence-corrected chi connectivity index (χ3v) is 9.95. The maximum Gasteiger partial charge on any atom is 0.250 e. The summed E-state index contributed by atoms with van der Waals surface area (Å²) >= 11 is 1.65. The topological polar surface area (TPSA) is 120 Å². The molecule has 0 saturated carbocycles. The van der Waals surface area contributed by atoms with Crippen molar-refractivity contribution in [2.75, 3.05) is 32.5 Å². The molecule has 1 aliphatic rings. The predicted octanol–water partition coefficient (Wildman–Crippen LogP) is 3.34. The first-order valence-electron chi connectivity index (χ1n) is 12.0. The average molecular weight is 519 g/mol. The molecule has 4 rings (SSSR count). The van der Waals surface area contributed by atoms with Crippen molar-refractivity contribution in [1.29, 1.82) is 0 Å². The highest BCUT2D eigenvalue weighted by Gasteiger charge is 2.29. The molecule has 10 heteroatoms. The lowest BCUT2D eigenvalue weighted by Crippen LogP contribution is -2.38. The van der Waals surface area contributed by atoms with E-state index in [4.69, 9.17) is 5.73 Å². The molecule has 1 saturated heterocycles. The van der Waals surface area contributed by atoms with Gasteiger partial charge >= 0.3 is 0 Å². The van der Waals surface area contributed by atoms with Gasteiger partial charge in [0.1, 0.15) is 0 Å². The van der Waals surface area contributed by atoms with E-state index in [-0.39, 0.29) is 24.3 Å². The first-order valence-corrected chi connectivity index (χ1v) is 14.4. The van der Waals surface area contributed by atoms with Crippen LogP contribution in [0.4, 0.5) is 0 Å². The van der Waals surface area contributed by atoms with Gasteiger partial charge in [-0.1, -0.05) is 0 Å². The van der Waals surface area contributed by atoms with Crippen molar-refractivity contribution in [1.82, 2.24) is 14.2 Å². The Morgan fingerprint density at radius 2 is 2.00 bits per heavy atom. The van der Waals surface area contributed by atoms with E-state index < -0.39 is 15.9 Å². The van der Waals surface area contributed by atoms with Gasteiger partial charge < -0.3 is 15.8 Å². The quantitative estimate of drug-likeness (QED) is 0.401. The van der Waals surface area contributed by atoms with Crippen LogP contribution < -0.4 is 5.73 Å². The lowest BCUT2D eigenvalue weighted by molar-refractivity contribution is 0.100. The number of thiophene rings is 1. The third-order valence-electron chi connectivity index (χ3n) is 7.15. The van der Waals surface area contributed by atoms with Crippen molar-refractivity contribution < 1.29 is 18.3 Å². The van der Waals surface area contributed by atoms with E-state index in [1.54, 1.807) is 22.6 Å². The van der Waals surface area contributed by atoms with E-state index in [2.05, 4.69) is 27.4 Å². The normalized spacial score (nSPS) is 16.8. The Morgan fingerprint density at radius 1 is 1.29 bits per heavy atom. The number of aromatic amines is 1. The number of nitrogens with one attached hydrogen (secondary N) is 1. The summed E-state index contributed by atoms with van der Waals surface area (Å²) < 4.78 is 26.1. The SMILES string of the molecule is CCS(=O)(=O)N1CCC(c2c[nH]c3c(C(N)=O)cc(-c4csc(CN(C)[C@@H](C)CO)c4)cc23)CC1. The minimum Gasteiger partial charge on any atom is -0.395 e. The summed E-state index contributed by atoms with van der Waals surface area (Å²) in [5.41, 5.74) is 9.99. The molecule has 1 aliphatic heterocycles. The summed E-state index contributed by atoms with van der Waals surface area (Å²) in [6, 6.07) is 6.14. The van der Waals surface area contributed by atoms with Crippen LogP contribution >= 0.6 is 11.3 Å². The first-order chi connectivity index (χ1) is 16.6. The van der Waals surface area contributed by atoms with Gasteiger partial charge in [-0.05, 0) is 79.9 Å². The van der Waals surface area contributed by atoms with E-state index in [1.165, 1.54) is 4.88 Å². The molecule has 3 heterocycles. The van der Waals surface area contributed by atoms with Crippen LogP contribution in [0.15, 0.2) is 29.8 Å². The number of rotatable bonds is 9. The van der Waals surface area contributed by atoms with Crippen LogP contribution in [0.25, 0.3) is 22.0 Å². The van der Waals surface area contributed by atoms with Gasteiger partial charge in [-0.15, -0.1) is 11.3 Å². The number of nitrogens with zero attached hydrogens (tertiary/aromatic N) is 2. The smallest absolute Gasteiger partial charge is 0.250 e. The number of benzene rings is 1. The van der Waals surface area contributed by atoms with Gasteiger partial charge in [-0.3, -0.25) is 9.69 Å². The molecule has 35 heavy (non-hydrogen) atoms. The van der Waals surface area contributed by atoms with Crippen LogP contribution in [0.3, 0.4) is 0 Å². The summed E-state index contributed by atoms with van der Waals surface area (Å²) in [7, 11) is -1.20. The summed E-state index contributed by atoms with van der Waals surface area (Å²) in [5.74, 6) is -0.163. The van der Waals surface area contributed by atoms with E-state index in [0.29, 0.717) is 18.7 Å². The van der Waals surface area contributed by atoms with Crippen LogP contribution in [-0.4, -0.2) is 72.2 Å². The van der Waals surface area contributed by atoms with Crippen LogP contribution in [0.5, 0.6) is 0 Å². The molecule has 0 spiro atoms. The number of likely N-dealkylation sites (N-methyl/N-ethyl adjacent to an activating group) is 1. The molecule has 4 N–H and O–H groups in total. The molecule has 1 atom stereocenters. The number of aliphatic hydroxyl groups excluding tert-OH is 1. The number of amides is 1. The molecule has 0 bridgehead atoms. The molecule has 3 aromatic rings. The maximum absolute atomic E-state index is 12.3. The number of H-pyrrole nitrogens is 1. The standard InChI is InChI=1S/C25H34N4O4S2/c1-4-35(32,33)29-7-5-17(6-8-29)23-12-27-24-21(23)10-18(11-22(24)25(26)31)19-9-20(34-15-19)13-28(3)16(2)14-30/h9-12,15-17,27,30H,4-8,13-14H2,1-3H3,(H2,26,31)/t16-/m0/s1. The number of aromatic nitrogens is 1. The zero-order chi connectivity index (χ0) is 25.3. The van der Waals surface area contributed by atoms with Crippen molar-refractivity contribution in [3.63, 3.8) is 0 Å². The number of sulfonamides is 1. The van der Waals surface area contributed by atoms with Crippen LogP contribution in [0, 0.1) is 0 Å². The molecular formula is C25H34N4O4S2. The minimum absolute atomic E-state index is 0.0690. The monoisotopic (exact) mass is 518 g/mol. The number of nitrogens with two attached hydrogens (primary N) is 1. The fourth-order valence-electron chi connectivity index (χ4n) is 4.74. The van der Waals surface area contributed by atoms with Crippen molar-refractivity contribution in [2.24, 2.45) is 5.73 Å². The molecule has 8 nitrogen and oxygen atoms in total.